The van der Waals surface area contributed by atoms with Crippen molar-refractivity contribution in [1.82, 2.24) is 0 Å². The number of ether oxygens (including phenoxy) is 1. The lowest BCUT2D eigenvalue weighted by Crippen LogP contribution is -2.27. The van der Waals surface area contributed by atoms with Crippen molar-refractivity contribution in [3.8, 4) is 5.75 Å². The summed E-state index contributed by atoms with van der Waals surface area (Å²) in [4.78, 5) is 10.6. The molecule has 0 heterocycles. The van der Waals surface area contributed by atoms with E-state index in [9.17, 15) is 9.90 Å². The van der Waals surface area contributed by atoms with Gasteiger partial charge < -0.3 is 14.9 Å². The molecule has 6 heteroatoms. The molecule has 3 rings (SSSR count). The number of aliphatic hydroxyl groups excluding tert-OH is 1. The Labute approximate surface area is 181 Å². The summed E-state index contributed by atoms with van der Waals surface area (Å²) in [5.74, 6) is 0.0276. The minimum Gasteiger partial charge on any atom is -0.493 e. The summed E-state index contributed by atoms with van der Waals surface area (Å²) in [6.07, 6.45) is 6.37. The van der Waals surface area contributed by atoms with Gasteiger partial charge in [0.05, 0.1) is 12.7 Å². The minimum absolute atomic E-state index is 0.0596. The Kier molecular flexibility index (Phi) is 7.82. The average molecular weight is 437 g/mol. The molecule has 156 valence electrons. The second-order valence-corrected chi connectivity index (χ2v) is 8.51. The molecule has 0 aromatic heterocycles. The van der Waals surface area contributed by atoms with Crippen molar-refractivity contribution in [3.63, 3.8) is 0 Å². The average Bonchev–Trinajstić information content (AvgIpc) is 2.96. The summed E-state index contributed by atoms with van der Waals surface area (Å²) in [6, 6.07) is 11.5. The van der Waals surface area contributed by atoms with E-state index in [1.165, 1.54) is 0 Å². The van der Waals surface area contributed by atoms with Gasteiger partial charge in [0.2, 0.25) is 0 Å². The summed E-state index contributed by atoms with van der Waals surface area (Å²) in [5, 5.41) is 21.6. The van der Waals surface area contributed by atoms with Crippen molar-refractivity contribution in [2.75, 3.05) is 6.61 Å². The van der Waals surface area contributed by atoms with E-state index in [1.54, 1.807) is 0 Å². The van der Waals surface area contributed by atoms with Gasteiger partial charge in [0.15, 0.2) is 0 Å². The van der Waals surface area contributed by atoms with Crippen LogP contribution in [-0.2, 0) is 4.79 Å². The molecule has 0 amide bonds. The Bertz CT molecular complexity index is 867. The van der Waals surface area contributed by atoms with Gasteiger partial charge in [-0.25, -0.2) is 0 Å². The van der Waals surface area contributed by atoms with Gasteiger partial charge in [-0.15, -0.1) is 11.6 Å². The largest absolute Gasteiger partial charge is 0.493 e. The zero-order valence-corrected chi connectivity index (χ0v) is 17.6. The number of carboxylic acid groups (broad SMARTS) is 1. The second-order valence-electron chi connectivity index (χ2n) is 7.54. The smallest absolute Gasteiger partial charge is 0.303 e. The number of aliphatic carboxylic acids is 1. The fourth-order valence-electron chi connectivity index (χ4n) is 3.98. The van der Waals surface area contributed by atoms with E-state index in [-0.39, 0.29) is 23.6 Å². The van der Waals surface area contributed by atoms with Gasteiger partial charge in [-0.05, 0) is 43.7 Å². The van der Waals surface area contributed by atoms with Crippen LogP contribution in [0.3, 0.4) is 0 Å². The van der Waals surface area contributed by atoms with E-state index in [0.717, 1.165) is 29.4 Å². The van der Waals surface area contributed by atoms with E-state index in [2.05, 4.69) is 0 Å². The number of aliphatic hydroxyl groups is 1. The number of rotatable bonds is 9. The van der Waals surface area contributed by atoms with E-state index < -0.39 is 12.1 Å². The number of halogens is 2. The van der Waals surface area contributed by atoms with Gasteiger partial charge in [0, 0.05) is 33.5 Å². The lowest BCUT2D eigenvalue weighted by Gasteiger charge is -2.23. The Hall–Kier alpha value is -1.75. The van der Waals surface area contributed by atoms with Crippen molar-refractivity contribution in [3.05, 3.63) is 53.6 Å². The maximum absolute atomic E-state index is 10.6. The van der Waals surface area contributed by atoms with Crippen LogP contribution in [0.15, 0.2) is 48.6 Å². The fraction of sp³-hybridized carbons (Fsp3) is 0.435. The molecule has 0 aliphatic heterocycles. The number of hydrogen-bond acceptors (Lipinski definition) is 3. The summed E-state index contributed by atoms with van der Waals surface area (Å²) in [6.45, 7) is 0.382. The van der Waals surface area contributed by atoms with Crippen LogP contribution in [0, 0.1) is 11.8 Å². The molecule has 1 saturated carbocycles. The molecule has 0 saturated heterocycles. The molecule has 1 aliphatic carbocycles. The first kappa shape index (κ1) is 21.9. The Balaban J connectivity index is 1.62. The lowest BCUT2D eigenvalue weighted by molar-refractivity contribution is -0.137. The molecule has 2 aromatic carbocycles. The topological polar surface area (TPSA) is 66.8 Å². The van der Waals surface area contributed by atoms with Crippen LogP contribution in [-0.4, -0.2) is 34.3 Å². The van der Waals surface area contributed by atoms with Crippen molar-refractivity contribution in [2.24, 2.45) is 11.8 Å². The summed E-state index contributed by atoms with van der Waals surface area (Å²) >= 11 is 12.8. The number of carboxylic acids is 1. The first-order chi connectivity index (χ1) is 14.0. The summed E-state index contributed by atoms with van der Waals surface area (Å²) < 4.78 is 6.11. The number of alkyl halides is 1. The van der Waals surface area contributed by atoms with Crippen LogP contribution in [0.1, 0.15) is 32.1 Å². The third kappa shape index (κ3) is 5.65. The highest BCUT2D eigenvalue weighted by molar-refractivity contribution is 6.35. The van der Waals surface area contributed by atoms with Crippen LogP contribution < -0.4 is 4.74 Å². The highest BCUT2D eigenvalue weighted by Crippen LogP contribution is 2.40. The van der Waals surface area contributed by atoms with Gasteiger partial charge in [0.1, 0.15) is 5.75 Å². The molecule has 0 spiro atoms. The van der Waals surface area contributed by atoms with E-state index in [0.29, 0.717) is 24.5 Å². The lowest BCUT2D eigenvalue weighted by atomic mass is 9.92. The Morgan fingerprint density at radius 2 is 1.90 bits per heavy atom. The molecular weight excluding hydrogens is 411 g/mol. The molecule has 2 N–H and O–H groups in total. The number of carbonyl (C=O) groups is 1. The predicted molar refractivity (Wildman–Crippen MR) is 117 cm³/mol. The molecule has 4 nitrogen and oxygen atoms in total. The Morgan fingerprint density at radius 1 is 1.14 bits per heavy atom. The second kappa shape index (κ2) is 10.3. The zero-order valence-electron chi connectivity index (χ0n) is 16.1. The standard InChI is InChI=1S/C23H26Cl2O4/c24-19-11-12-22(17-9-6-5-8-15(17)19)29-14-18-16(20(25)13-21(18)26)7-3-1-2-4-10-23(27)28/h1,3,5-6,8-9,11-12,16,18,20-21,26H,2,4,7,10,13-14H2,(H,27,28)/b3-1-/t16-,18-,20-,21-/m1/s1. The fourth-order valence-corrected chi connectivity index (χ4v) is 4.68. The maximum atomic E-state index is 10.6. The third-order valence-corrected chi connectivity index (χ3v) is 6.41. The predicted octanol–water partition coefficient (Wildman–Crippen LogP) is 5.68. The van der Waals surface area contributed by atoms with Gasteiger partial charge >= 0.3 is 5.97 Å². The van der Waals surface area contributed by atoms with Crippen LogP contribution in [0.2, 0.25) is 5.02 Å². The summed E-state index contributed by atoms with van der Waals surface area (Å²) in [7, 11) is 0. The van der Waals surface area contributed by atoms with Gasteiger partial charge in [-0.2, -0.15) is 0 Å². The first-order valence-electron chi connectivity index (χ1n) is 9.96. The molecule has 0 radical (unpaired) electrons. The number of unbranched alkanes of at least 4 members (excludes halogenated alkanes) is 1. The monoisotopic (exact) mass is 436 g/mol. The first-order valence-corrected chi connectivity index (χ1v) is 10.8. The number of hydrogen-bond donors (Lipinski definition) is 2. The molecule has 0 unspecified atom stereocenters. The van der Waals surface area contributed by atoms with Crippen LogP contribution in [0.4, 0.5) is 0 Å². The van der Waals surface area contributed by atoms with Crippen LogP contribution in [0.25, 0.3) is 10.8 Å². The molecular formula is C23H26Cl2O4. The molecule has 1 fully saturated rings. The molecule has 1 aliphatic rings. The van der Waals surface area contributed by atoms with E-state index in [1.807, 2.05) is 48.6 Å². The third-order valence-electron chi connectivity index (χ3n) is 5.57. The van der Waals surface area contributed by atoms with Crippen LogP contribution >= 0.6 is 23.2 Å². The Morgan fingerprint density at radius 3 is 2.66 bits per heavy atom. The zero-order chi connectivity index (χ0) is 20.8. The highest BCUT2D eigenvalue weighted by atomic mass is 35.5. The number of benzene rings is 2. The molecule has 2 aromatic rings. The molecule has 4 atom stereocenters. The minimum atomic E-state index is -0.773. The number of allylic oxidation sites excluding steroid dienone is 2. The van der Waals surface area contributed by atoms with Gasteiger partial charge in [0.25, 0.3) is 0 Å². The SMILES string of the molecule is O=C(O)CCC/C=C\C[C@@H]1[C@@H](COc2ccc(Cl)c3ccccc23)[C@H](O)C[C@H]1Cl. The van der Waals surface area contributed by atoms with E-state index >= 15 is 0 Å². The van der Waals surface area contributed by atoms with Crippen molar-refractivity contribution in [2.45, 2.75) is 43.6 Å². The van der Waals surface area contributed by atoms with Gasteiger partial charge in [-0.3, -0.25) is 4.79 Å². The van der Waals surface area contributed by atoms with E-state index in [4.69, 9.17) is 33.0 Å². The maximum Gasteiger partial charge on any atom is 0.303 e. The summed E-state index contributed by atoms with van der Waals surface area (Å²) in [5.41, 5.74) is 0. The van der Waals surface area contributed by atoms with Crippen molar-refractivity contribution < 1.29 is 19.7 Å². The quantitative estimate of drug-likeness (QED) is 0.301. The van der Waals surface area contributed by atoms with Crippen molar-refractivity contribution in [1.29, 1.82) is 0 Å². The van der Waals surface area contributed by atoms with Crippen molar-refractivity contribution >= 4 is 39.9 Å². The molecule has 0 bridgehead atoms. The van der Waals surface area contributed by atoms with Crippen LogP contribution in [0.5, 0.6) is 5.75 Å². The molecule has 29 heavy (non-hydrogen) atoms. The van der Waals surface area contributed by atoms with Gasteiger partial charge in [-0.1, -0.05) is 48.0 Å². The normalized spacial score (nSPS) is 24.4. The number of fused-ring (bicyclic) bond motifs is 1. The highest BCUT2D eigenvalue weighted by Gasteiger charge is 2.41.